The van der Waals surface area contributed by atoms with Crippen molar-refractivity contribution in [3.05, 3.63) is 53.9 Å². The molecule has 0 bridgehead atoms. The van der Waals surface area contributed by atoms with E-state index in [0.717, 1.165) is 29.7 Å². The average molecular weight is 708 g/mol. The summed E-state index contributed by atoms with van der Waals surface area (Å²) in [6, 6.07) is 13.1. The predicted molar refractivity (Wildman–Crippen MR) is 193 cm³/mol. The van der Waals surface area contributed by atoms with Crippen molar-refractivity contribution >= 4 is 45.8 Å². The van der Waals surface area contributed by atoms with E-state index in [-0.39, 0.29) is 49.2 Å². The van der Waals surface area contributed by atoms with Crippen LogP contribution in [0.4, 0.5) is 4.79 Å². The first-order valence-corrected chi connectivity index (χ1v) is 18.4. The monoisotopic (exact) mass is 707 g/mol. The first-order chi connectivity index (χ1) is 23.8. The van der Waals surface area contributed by atoms with E-state index < -0.39 is 5.60 Å². The lowest BCUT2D eigenvalue weighted by Crippen LogP contribution is -2.44. The van der Waals surface area contributed by atoms with Gasteiger partial charge in [0.25, 0.3) is 0 Å². The van der Waals surface area contributed by atoms with E-state index in [4.69, 9.17) is 29.3 Å². The normalized spacial score (nSPS) is 18.4. The molecule has 12 nitrogen and oxygen atoms in total. The summed E-state index contributed by atoms with van der Waals surface area (Å²) in [5.74, 6) is 1.61. The van der Waals surface area contributed by atoms with Crippen LogP contribution in [0, 0.1) is 11.3 Å². The van der Waals surface area contributed by atoms with Crippen molar-refractivity contribution in [3.8, 4) is 11.5 Å². The van der Waals surface area contributed by atoms with E-state index in [2.05, 4.69) is 0 Å². The molecule has 2 fully saturated rings. The van der Waals surface area contributed by atoms with Crippen LogP contribution in [0.1, 0.15) is 70.7 Å². The Labute approximate surface area is 298 Å². The number of fused-ring (bicyclic) bond motifs is 1. The topological polar surface area (TPSA) is 136 Å². The summed E-state index contributed by atoms with van der Waals surface area (Å²) in [6.45, 7) is 6.97. The maximum atomic E-state index is 13.6. The molecule has 5 rings (SSSR count). The van der Waals surface area contributed by atoms with Crippen molar-refractivity contribution in [2.24, 2.45) is 5.92 Å². The third kappa shape index (κ3) is 9.29. The van der Waals surface area contributed by atoms with Gasteiger partial charge in [0.15, 0.2) is 0 Å². The predicted octanol–water partition coefficient (Wildman–Crippen LogP) is 6.27. The van der Waals surface area contributed by atoms with Gasteiger partial charge in [-0.1, -0.05) is 6.07 Å². The minimum Gasteiger partial charge on any atom is -0.490 e. The minimum absolute atomic E-state index is 0.00334. The Morgan fingerprint density at radius 3 is 2.26 bits per heavy atom. The van der Waals surface area contributed by atoms with E-state index in [1.807, 2.05) is 81.1 Å². The molecule has 1 N–H and O–H groups in total. The lowest BCUT2D eigenvalue weighted by Gasteiger charge is -2.34. The van der Waals surface area contributed by atoms with Crippen molar-refractivity contribution in [1.29, 1.82) is 5.41 Å². The largest absolute Gasteiger partial charge is 0.490 e. The molecule has 13 heteroatoms. The van der Waals surface area contributed by atoms with Crippen LogP contribution in [-0.4, -0.2) is 93.6 Å². The third-order valence-corrected chi connectivity index (χ3v) is 9.99. The van der Waals surface area contributed by atoms with E-state index >= 15 is 0 Å². The van der Waals surface area contributed by atoms with Gasteiger partial charge in [0, 0.05) is 44.6 Å². The second-order valence-corrected chi connectivity index (χ2v) is 14.7. The SMILES string of the molecule is COC(=O)C1CCC(N(C)C(=O)Cn2c(COc3ccc(OC4CCN(C(=O)OC(C)(C)C)CC4)cc3)nc3cc(C(=N)SC)ccc32)CC1. The number of methoxy groups -OCH3 is 1. The minimum atomic E-state index is -0.522. The number of carbonyl (C=O) groups excluding carboxylic acids is 3. The molecule has 1 saturated carbocycles. The van der Waals surface area contributed by atoms with Crippen molar-refractivity contribution in [2.75, 3.05) is 33.5 Å². The Bertz CT molecular complexity index is 1670. The quantitative estimate of drug-likeness (QED) is 0.147. The van der Waals surface area contributed by atoms with Gasteiger partial charge in [0.05, 0.1) is 29.1 Å². The number of nitrogens with one attached hydrogen (secondary N) is 1. The number of thioether (sulfide) groups is 1. The number of piperidine rings is 1. The molecule has 50 heavy (non-hydrogen) atoms. The molecule has 270 valence electrons. The van der Waals surface area contributed by atoms with Crippen LogP contribution in [0.15, 0.2) is 42.5 Å². The van der Waals surface area contributed by atoms with E-state index in [1.54, 1.807) is 9.80 Å². The van der Waals surface area contributed by atoms with Crippen LogP contribution >= 0.6 is 11.8 Å². The Hall–Kier alpha value is -4.26. The summed E-state index contributed by atoms with van der Waals surface area (Å²) >= 11 is 1.36. The lowest BCUT2D eigenvalue weighted by molar-refractivity contribution is -0.147. The number of aromatic nitrogens is 2. The summed E-state index contributed by atoms with van der Waals surface area (Å²) in [4.78, 5) is 46.4. The molecular weight excluding hydrogens is 659 g/mol. The van der Waals surface area contributed by atoms with Gasteiger partial charge >= 0.3 is 12.1 Å². The molecule has 1 aliphatic heterocycles. The fraction of sp³-hybridized carbons (Fsp3) is 0.541. The maximum Gasteiger partial charge on any atom is 0.410 e. The molecule has 1 saturated heterocycles. The number of imidazole rings is 1. The number of likely N-dealkylation sites (N-methyl/N-ethyl adjacent to an activating group) is 1. The van der Waals surface area contributed by atoms with Gasteiger partial charge in [-0.15, -0.1) is 11.8 Å². The summed E-state index contributed by atoms with van der Waals surface area (Å²) < 4.78 is 24.7. The standard InChI is InChI=1S/C37H49N5O7S/c1-37(2,3)49-36(45)41-19-17-29(18-20-41)48-28-14-12-27(13-15-28)47-23-32-39-30-21-25(34(38)50-6)9-16-31(30)42(32)22-33(43)40(4)26-10-7-24(8-11-26)35(44)46-5/h9,12-16,21,24,26,29,38H,7-8,10-11,17-20,22-23H2,1-6H3. The van der Waals surface area contributed by atoms with Gasteiger partial charge in [0.2, 0.25) is 5.91 Å². The number of hydrogen-bond acceptors (Lipinski definition) is 10. The zero-order chi connectivity index (χ0) is 36.0. The summed E-state index contributed by atoms with van der Waals surface area (Å²) in [6.07, 6.45) is 5.89. The van der Waals surface area contributed by atoms with Crippen molar-refractivity contribution < 1.29 is 33.3 Å². The zero-order valence-electron chi connectivity index (χ0n) is 29.9. The van der Waals surface area contributed by atoms with Crippen LogP contribution in [0.5, 0.6) is 11.5 Å². The third-order valence-electron chi connectivity index (χ3n) is 9.35. The summed E-state index contributed by atoms with van der Waals surface area (Å²) in [5, 5.41) is 8.72. The Morgan fingerprint density at radius 1 is 0.980 bits per heavy atom. The number of likely N-dealkylation sites (tertiary alicyclic amines) is 1. The van der Waals surface area contributed by atoms with Crippen LogP contribution in [0.25, 0.3) is 11.0 Å². The zero-order valence-corrected chi connectivity index (χ0v) is 30.7. The maximum absolute atomic E-state index is 13.6. The molecule has 2 amide bonds. The Morgan fingerprint density at radius 2 is 1.64 bits per heavy atom. The van der Waals surface area contributed by atoms with Gasteiger partial charge in [-0.25, -0.2) is 9.78 Å². The molecule has 0 radical (unpaired) electrons. The molecule has 1 aliphatic carbocycles. The second-order valence-electron chi connectivity index (χ2n) is 13.9. The number of esters is 1. The Kier molecular flexibility index (Phi) is 12.0. The van der Waals surface area contributed by atoms with Gasteiger partial charge in [-0.2, -0.15) is 0 Å². The van der Waals surface area contributed by atoms with Crippen molar-refractivity contribution in [3.63, 3.8) is 0 Å². The smallest absolute Gasteiger partial charge is 0.410 e. The number of rotatable bonds is 10. The number of ether oxygens (including phenoxy) is 4. The van der Waals surface area contributed by atoms with Gasteiger partial charge in [0.1, 0.15) is 42.2 Å². The van der Waals surface area contributed by atoms with Crippen LogP contribution in [0.3, 0.4) is 0 Å². The van der Waals surface area contributed by atoms with E-state index in [9.17, 15) is 14.4 Å². The van der Waals surface area contributed by atoms with Crippen LogP contribution in [0.2, 0.25) is 0 Å². The molecular formula is C37H49N5O7S. The van der Waals surface area contributed by atoms with Crippen molar-refractivity contribution in [1.82, 2.24) is 19.4 Å². The van der Waals surface area contributed by atoms with Gasteiger partial charge in [-0.3, -0.25) is 15.0 Å². The highest BCUT2D eigenvalue weighted by Crippen LogP contribution is 2.29. The van der Waals surface area contributed by atoms with Crippen molar-refractivity contribution in [2.45, 2.75) is 90.2 Å². The molecule has 2 aliphatic rings. The lowest BCUT2D eigenvalue weighted by atomic mass is 9.85. The van der Waals surface area contributed by atoms with E-state index in [1.165, 1.54) is 18.9 Å². The number of nitrogens with zero attached hydrogens (tertiary/aromatic N) is 4. The Balaban J connectivity index is 1.22. The molecule has 2 aromatic carbocycles. The average Bonchev–Trinajstić information content (AvgIpc) is 3.45. The highest BCUT2D eigenvalue weighted by Gasteiger charge is 2.31. The van der Waals surface area contributed by atoms with Gasteiger partial charge < -0.3 is 33.3 Å². The first-order valence-electron chi connectivity index (χ1n) is 17.2. The second kappa shape index (κ2) is 16.2. The highest BCUT2D eigenvalue weighted by atomic mass is 32.2. The number of hydrogen-bond donors (Lipinski definition) is 1. The molecule has 0 unspecified atom stereocenters. The van der Waals surface area contributed by atoms with Crippen LogP contribution in [-0.2, 0) is 32.2 Å². The molecule has 2 heterocycles. The summed E-state index contributed by atoms with van der Waals surface area (Å²) in [7, 11) is 3.24. The van der Waals surface area contributed by atoms with Crippen LogP contribution < -0.4 is 9.47 Å². The fourth-order valence-corrected chi connectivity index (χ4v) is 6.84. The first kappa shape index (κ1) is 37.0. The fourth-order valence-electron chi connectivity index (χ4n) is 6.48. The number of amides is 2. The molecule has 1 aromatic heterocycles. The highest BCUT2D eigenvalue weighted by molar-refractivity contribution is 8.13. The number of benzene rings is 2. The van der Waals surface area contributed by atoms with E-state index in [0.29, 0.717) is 60.9 Å². The summed E-state index contributed by atoms with van der Waals surface area (Å²) in [5.41, 5.74) is 1.72. The molecule has 0 spiro atoms. The van der Waals surface area contributed by atoms with Gasteiger partial charge in [-0.05, 0) is 89.1 Å². The number of carbonyl (C=O) groups is 3. The molecule has 0 atom stereocenters. The molecule has 3 aromatic rings.